The summed E-state index contributed by atoms with van der Waals surface area (Å²) in [6.07, 6.45) is 2.20. The number of amidine groups is 1. The third-order valence-corrected chi connectivity index (χ3v) is 9.82. The Morgan fingerprint density at radius 1 is 1.14 bits per heavy atom. The first-order valence-electron chi connectivity index (χ1n) is 14.3. The Hall–Kier alpha value is -3.59. The molecule has 2 amide bonds. The average Bonchev–Trinajstić information content (AvgIpc) is 3.75. The van der Waals surface area contributed by atoms with Crippen LogP contribution in [0.25, 0.3) is 0 Å². The molecule has 4 aliphatic rings. The molecule has 15 heteroatoms. The number of aliphatic imine (C=N–C) groups is 1. The summed E-state index contributed by atoms with van der Waals surface area (Å²) in [5.41, 5.74) is 1.32. The molecule has 1 N–H and O–H groups in total. The summed E-state index contributed by atoms with van der Waals surface area (Å²) < 4.78 is 24.1. The number of carbonyl (C=O) groups excluding carboxylic acids is 3. The molecule has 2 aromatic rings. The quantitative estimate of drug-likeness (QED) is 0.452. The first kappa shape index (κ1) is 30.4. The highest BCUT2D eigenvalue weighted by Crippen LogP contribution is 2.37. The number of carbonyl (C=O) groups is 3. The minimum Gasteiger partial charge on any atom is -0.468 e. The van der Waals surface area contributed by atoms with Crippen molar-refractivity contribution in [2.45, 2.75) is 30.6 Å². The number of hydrogen-bond donors (Lipinski definition) is 1. The number of aromatic nitrogens is 1. The normalized spacial score (nSPS) is 26.0. The number of amides is 2. The number of halogens is 2. The van der Waals surface area contributed by atoms with Crippen molar-refractivity contribution in [1.82, 2.24) is 29.9 Å². The van der Waals surface area contributed by atoms with Gasteiger partial charge in [-0.1, -0.05) is 17.7 Å². The fourth-order valence-electron chi connectivity index (χ4n) is 6.55. The van der Waals surface area contributed by atoms with Gasteiger partial charge in [0.1, 0.15) is 17.9 Å². The summed E-state index contributed by atoms with van der Waals surface area (Å²) in [4.78, 5) is 56.1. The standard InChI is InChI=1S/C29H33ClFN7O5S/c1-35-12-17(11-22(35)27(39)42-2)38-14-18-13-36(7-8-37(18)29(38)41)15-21-23(28(40)43-3)24(19-5-4-16(31)10-20(19)30)34-25(33-21)26-32-6-9-44-26/h4-6,9-10,17-18,22,24H,7-8,11-15H2,1-3H3,(H,33,34)/t17-,18-,22+,24?/m0/s1. The Labute approximate surface area is 263 Å². The van der Waals surface area contributed by atoms with Crippen LogP contribution in [0.1, 0.15) is 23.0 Å². The molecule has 1 unspecified atom stereocenters. The largest absolute Gasteiger partial charge is 0.468 e. The molecule has 4 atom stereocenters. The maximum atomic E-state index is 14.0. The minimum atomic E-state index is -0.849. The third kappa shape index (κ3) is 5.67. The highest BCUT2D eigenvalue weighted by Gasteiger charge is 2.47. The first-order chi connectivity index (χ1) is 21.2. The van der Waals surface area contributed by atoms with Crippen LogP contribution in [-0.2, 0) is 19.1 Å². The number of methoxy groups -OCH3 is 2. The first-order valence-corrected chi connectivity index (χ1v) is 15.5. The number of likely N-dealkylation sites (N-methyl/N-ethyl adjacent to an activating group) is 1. The molecule has 0 spiro atoms. The number of esters is 2. The van der Waals surface area contributed by atoms with Crippen LogP contribution in [0.4, 0.5) is 9.18 Å². The van der Waals surface area contributed by atoms with E-state index in [9.17, 15) is 18.8 Å². The smallest absolute Gasteiger partial charge is 0.338 e. The van der Waals surface area contributed by atoms with Crippen molar-refractivity contribution >= 4 is 46.7 Å². The SMILES string of the molecule is COC(=O)C1=C(CN2CCN3C(=O)N([C@H]4C[C@H](C(=O)OC)N(C)C4)C[C@@H]3C2)NC(c2nccs2)=NC1c1ccc(F)cc1Cl. The van der Waals surface area contributed by atoms with Gasteiger partial charge in [-0.05, 0) is 25.6 Å². The van der Waals surface area contributed by atoms with E-state index in [1.165, 1.54) is 43.8 Å². The molecule has 3 fully saturated rings. The second kappa shape index (κ2) is 12.4. The molecule has 12 nitrogen and oxygen atoms in total. The Bertz CT molecular complexity index is 1520. The molecule has 44 heavy (non-hydrogen) atoms. The Morgan fingerprint density at radius 2 is 1.95 bits per heavy atom. The number of fused-ring (bicyclic) bond motifs is 1. The van der Waals surface area contributed by atoms with Gasteiger partial charge in [0, 0.05) is 73.2 Å². The molecule has 0 saturated carbocycles. The molecule has 234 valence electrons. The van der Waals surface area contributed by atoms with Crippen LogP contribution >= 0.6 is 22.9 Å². The van der Waals surface area contributed by atoms with Gasteiger partial charge in [0.05, 0.1) is 25.8 Å². The summed E-state index contributed by atoms with van der Waals surface area (Å²) in [6, 6.07) is 2.63. The van der Waals surface area contributed by atoms with Gasteiger partial charge in [-0.25, -0.2) is 19.0 Å². The fraction of sp³-hybridized carbons (Fsp3) is 0.483. The Balaban J connectivity index is 1.25. The van der Waals surface area contributed by atoms with Crippen LogP contribution in [-0.4, -0.2) is 127 Å². The number of ether oxygens (including phenoxy) is 2. The van der Waals surface area contributed by atoms with Crippen molar-refractivity contribution in [2.24, 2.45) is 4.99 Å². The van der Waals surface area contributed by atoms with Crippen LogP contribution in [0, 0.1) is 5.82 Å². The van der Waals surface area contributed by atoms with Crippen molar-refractivity contribution in [2.75, 3.05) is 60.5 Å². The molecule has 5 heterocycles. The number of piperazine rings is 1. The van der Waals surface area contributed by atoms with Crippen molar-refractivity contribution in [3.8, 4) is 0 Å². The van der Waals surface area contributed by atoms with E-state index in [4.69, 9.17) is 26.1 Å². The Kier molecular flexibility index (Phi) is 8.59. The number of rotatable bonds is 7. The molecule has 6 rings (SSSR count). The van der Waals surface area contributed by atoms with Gasteiger partial charge in [-0.3, -0.25) is 19.6 Å². The molecule has 1 aromatic carbocycles. The number of thiazole rings is 1. The number of nitrogens with zero attached hydrogens (tertiary/aromatic N) is 6. The van der Waals surface area contributed by atoms with E-state index in [1.807, 2.05) is 27.1 Å². The topological polar surface area (TPSA) is 120 Å². The van der Waals surface area contributed by atoms with Gasteiger partial charge in [0.2, 0.25) is 0 Å². The van der Waals surface area contributed by atoms with Gasteiger partial charge in [0.15, 0.2) is 10.8 Å². The maximum Gasteiger partial charge on any atom is 0.338 e. The monoisotopic (exact) mass is 645 g/mol. The van der Waals surface area contributed by atoms with Gasteiger partial charge in [-0.15, -0.1) is 11.3 Å². The highest BCUT2D eigenvalue weighted by molar-refractivity contribution is 7.11. The lowest BCUT2D eigenvalue weighted by Gasteiger charge is -2.38. The molecule has 0 aliphatic carbocycles. The van der Waals surface area contributed by atoms with Crippen LogP contribution in [0.3, 0.4) is 0 Å². The zero-order chi connectivity index (χ0) is 31.1. The predicted molar refractivity (Wildman–Crippen MR) is 161 cm³/mol. The summed E-state index contributed by atoms with van der Waals surface area (Å²) in [5, 5.41) is 5.93. The lowest BCUT2D eigenvalue weighted by Crippen LogP contribution is -2.53. The van der Waals surface area contributed by atoms with Crippen molar-refractivity contribution in [3.05, 3.63) is 62.5 Å². The second-order valence-corrected chi connectivity index (χ2v) is 12.6. The summed E-state index contributed by atoms with van der Waals surface area (Å²) in [6.45, 7) is 3.16. The van der Waals surface area contributed by atoms with E-state index >= 15 is 0 Å². The fourth-order valence-corrected chi connectivity index (χ4v) is 7.41. The number of urea groups is 1. The van der Waals surface area contributed by atoms with Gasteiger partial charge in [0.25, 0.3) is 0 Å². The molecular weight excluding hydrogens is 613 g/mol. The van der Waals surface area contributed by atoms with Crippen LogP contribution in [0.15, 0.2) is 46.0 Å². The van der Waals surface area contributed by atoms with Gasteiger partial charge >= 0.3 is 18.0 Å². The van der Waals surface area contributed by atoms with Crippen LogP contribution in [0.5, 0.6) is 0 Å². The number of hydrogen-bond acceptors (Lipinski definition) is 11. The lowest BCUT2D eigenvalue weighted by atomic mass is 9.95. The van der Waals surface area contributed by atoms with Crippen LogP contribution < -0.4 is 5.32 Å². The average molecular weight is 646 g/mol. The van der Waals surface area contributed by atoms with E-state index in [-0.39, 0.29) is 40.7 Å². The van der Waals surface area contributed by atoms with Crippen LogP contribution in [0.2, 0.25) is 5.02 Å². The lowest BCUT2D eigenvalue weighted by molar-refractivity contribution is -0.145. The number of likely N-dealkylation sites (tertiary alicyclic amines) is 1. The summed E-state index contributed by atoms with van der Waals surface area (Å²) in [7, 11) is 4.56. The van der Waals surface area contributed by atoms with E-state index in [0.717, 1.165) is 0 Å². The maximum absolute atomic E-state index is 14.0. The highest BCUT2D eigenvalue weighted by atomic mass is 35.5. The van der Waals surface area contributed by atoms with E-state index in [2.05, 4.69) is 15.2 Å². The molecule has 1 aromatic heterocycles. The predicted octanol–water partition coefficient (Wildman–Crippen LogP) is 2.12. The zero-order valence-corrected chi connectivity index (χ0v) is 26.1. The van der Waals surface area contributed by atoms with E-state index in [0.29, 0.717) is 67.8 Å². The van der Waals surface area contributed by atoms with Crippen molar-refractivity contribution in [1.29, 1.82) is 0 Å². The summed E-state index contributed by atoms with van der Waals surface area (Å²) >= 11 is 7.87. The minimum absolute atomic E-state index is 0.0203. The Morgan fingerprint density at radius 3 is 2.66 bits per heavy atom. The molecular formula is C29H33ClFN7O5S. The molecule has 0 bridgehead atoms. The molecule has 0 radical (unpaired) electrons. The van der Waals surface area contributed by atoms with Crippen molar-refractivity contribution in [3.63, 3.8) is 0 Å². The zero-order valence-electron chi connectivity index (χ0n) is 24.5. The number of benzene rings is 1. The van der Waals surface area contributed by atoms with Crippen molar-refractivity contribution < 1.29 is 28.2 Å². The molecule has 4 aliphatic heterocycles. The van der Waals surface area contributed by atoms with E-state index in [1.54, 1.807) is 6.20 Å². The number of nitrogens with one attached hydrogen (secondary N) is 1. The third-order valence-electron chi connectivity index (χ3n) is 8.71. The second-order valence-electron chi connectivity index (χ2n) is 11.3. The van der Waals surface area contributed by atoms with Gasteiger partial charge in [-0.2, -0.15) is 0 Å². The van der Waals surface area contributed by atoms with E-state index < -0.39 is 17.8 Å². The summed E-state index contributed by atoms with van der Waals surface area (Å²) in [5.74, 6) is -0.893. The molecule has 3 saturated heterocycles. The van der Waals surface area contributed by atoms with Gasteiger partial charge < -0.3 is 24.6 Å².